The number of aryl methyl sites for hydroxylation is 2. The van der Waals surface area contributed by atoms with E-state index in [0.29, 0.717) is 11.3 Å². The zero-order chi connectivity index (χ0) is 16.1. The lowest BCUT2D eigenvalue weighted by atomic mass is 10.2. The van der Waals surface area contributed by atoms with Crippen molar-refractivity contribution < 1.29 is 18.7 Å². The van der Waals surface area contributed by atoms with Gasteiger partial charge >= 0.3 is 5.97 Å². The summed E-state index contributed by atoms with van der Waals surface area (Å²) in [6.07, 6.45) is 1.38. The van der Waals surface area contributed by atoms with Crippen molar-refractivity contribution in [3.63, 3.8) is 0 Å². The van der Waals surface area contributed by atoms with Crippen LogP contribution in [0, 0.1) is 19.7 Å². The molecule has 0 aliphatic rings. The Morgan fingerprint density at radius 3 is 2.68 bits per heavy atom. The standard InChI is InChI=1S/C16H15FN2O3/c1-10-3-6-13(17)7-14(10)19-15(20)9-22-16(21)12-5-4-11(2)18-8-12/h3-8H,9H2,1-2H3,(H,19,20). The first kappa shape index (κ1) is 15.6. The van der Waals surface area contributed by atoms with Crippen molar-refractivity contribution in [2.24, 2.45) is 0 Å². The predicted octanol–water partition coefficient (Wildman–Crippen LogP) is 2.63. The van der Waals surface area contributed by atoms with E-state index in [1.807, 2.05) is 0 Å². The summed E-state index contributed by atoms with van der Waals surface area (Å²) < 4.78 is 18.0. The number of pyridine rings is 1. The largest absolute Gasteiger partial charge is 0.452 e. The number of hydrogen-bond acceptors (Lipinski definition) is 4. The average Bonchev–Trinajstić information content (AvgIpc) is 2.49. The first-order valence-electron chi connectivity index (χ1n) is 6.61. The van der Waals surface area contributed by atoms with Gasteiger partial charge in [-0.3, -0.25) is 9.78 Å². The molecule has 6 heteroatoms. The van der Waals surface area contributed by atoms with Crippen molar-refractivity contribution in [1.29, 1.82) is 0 Å². The van der Waals surface area contributed by atoms with Gasteiger partial charge < -0.3 is 10.1 Å². The second-order valence-electron chi connectivity index (χ2n) is 4.77. The highest BCUT2D eigenvalue weighted by atomic mass is 19.1. The molecule has 0 saturated carbocycles. The molecule has 1 heterocycles. The molecule has 0 spiro atoms. The van der Waals surface area contributed by atoms with Crippen LogP contribution in [0.25, 0.3) is 0 Å². The van der Waals surface area contributed by atoms with Gasteiger partial charge in [-0.25, -0.2) is 9.18 Å². The zero-order valence-electron chi connectivity index (χ0n) is 12.2. The lowest BCUT2D eigenvalue weighted by Gasteiger charge is -2.09. The fraction of sp³-hybridized carbons (Fsp3) is 0.188. The molecule has 0 fully saturated rings. The Kier molecular flexibility index (Phi) is 4.83. The summed E-state index contributed by atoms with van der Waals surface area (Å²) in [6.45, 7) is 3.07. The van der Waals surface area contributed by atoms with Crippen LogP contribution in [0.5, 0.6) is 0 Å². The lowest BCUT2D eigenvalue weighted by molar-refractivity contribution is -0.119. The summed E-state index contributed by atoms with van der Waals surface area (Å²) in [4.78, 5) is 27.4. The number of halogens is 1. The van der Waals surface area contributed by atoms with Crippen molar-refractivity contribution in [2.45, 2.75) is 13.8 Å². The summed E-state index contributed by atoms with van der Waals surface area (Å²) in [7, 11) is 0. The van der Waals surface area contributed by atoms with Crippen LogP contribution in [0.2, 0.25) is 0 Å². The Balaban J connectivity index is 1.91. The molecular formula is C16H15FN2O3. The predicted molar refractivity (Wildman–Crippen MR) is 79.0 cm³/mol. The van der Waals surface area contributed by atoms with Crippen LogP contribution in [-0.4, -0.2) is 23.5 Å². The molecule has 1 N–H and O–H groups in total. The van der Waals surface area contributed by atoms with E-state index < -0.39 is 24.3 Å². The zero-order valence-corrected chi connectivity index (χ0v) is 12.2. The summed E-state index contributed by atoms with van der Waals surface area (Å²) in [5, 5.41) is 2.50. The van der Waals surface area contributed by atoms with Crippen molar-refractivity contribution >= 4 is 17.6 Å². The van der Waals surface area contributed by atoms with E-state index in [2.05, 4.69) is 10.3 Å². The molecule has 0 atom stereocenters. The van der Waals surface area contributed by atoms with E-state index >= 15 is 0 Å². The molecule has 0 aliphatic carbocycles. The van der Waals surface area contributed by atoms with Crippen LogP contribution in [0.15, 0.2) is 36.5 Å². The van der Waals surface area contributed by atoms with E-state index in [0.717, 1.165) is 5.69 Å². The molecule has 1 amide bonds. The van der Waals surface area contributed by atoms with Gasteiger partial charge in [-0.05, 0) is 43.7 Å². The second kappa shape index (κ2) is 6.80. The number of carbonyl (C=O) groups excluding carboxylic acids is 2. The average molecular weight is 302 g/mol. The molecule has 0 aliphatic heterocycles. The molecule has 114 valence electrons. The summed E-state index contributed by atoms with van der Waals surface area (Å²) >= 11 is 0. The molecule has 2 rings (SSSR count). The quantitative estimate of drug-likeness (QED) is 0.882. The van der Waals surface area contributed by atoms with Gasteiger partial charge in [-0.1, -0.05) is 6.07 Å². The Labute approximate surface area is 127 Å². The molecule has 1 aromatic carbocycles. The molecule has 0 radical (unpaired) electrons. The highest BCUT2D eigenvalue weighted by Gasteiger charge is 2.11. The first-order chi connectivity index (χ1) is 10.5. The molecule has 22 heavy (non-hydrogen) atoms. The van der Waals surface area contributed by atoms with E-state index in [4.69, 9.17) is 4.74 Å². The SMILES string of the molecule is Cc1ccc(C(=O)OCC(=O)Nc2cc(F)ccc2C)cn1. The molecule has 0 saturated heterocycles. The van der Waals surface area contributed by atoms with Crippen LogP contribution >= 0.6 is 0 Å². The first-order valence-corrected chi connectivity index (χ1v) is 6.61. The monoisotopic (exact) mass is 302 g/mol. The number of hydrogen-bond donors (Lipinski definition) is 1. The van der Waals surface area contributed by atoms with Gasteiger partial charge in [0.1, 0.15) is 5.82 Å². The summed E-state index contributed by atoms with van der Waals surface area (Å²) in [6, 6.07) is 7.30. The highest BCUT2D eigenvalue weighted by molar-refractivity contribution is 5.95. The van der Waals surface area contributed by atoms with E-state index in [1.54, 1.807) is 32.0 Å². The molecule has 2 aromatic rings. The van der Waals surface area contributed by atoms with Crippen LogP contribution in [0.3, 0.4) is 0 Å². The van der Waals surface area contributed by atoms with Gasteiger partial charge in [0.25, 0.3) is 5.91 Å². The number of anilines is 1. The maximum Gasteiger partial charge on any atom is 0.340 e. The summed E-state index contributed by atoms with van der Waals surface area (Å²) in [5.41, 5.74) is 2.10. The van der Waals surface area contributed by atoms with Crippen molar-refractivity contribution in [1.82, 2.24) is 4.98 Å². The number of nitrogens with zero attached hydrogens (tertiary/aromatic N) is 1. The number of amides is 1. The van der Waals surface area contributed by atoms with Crippen molar-refractivity contribution in [3.05, 3.63) is 59.2 Å². The number of ether oxygens (including phenoxy) is 1. The number of rotatable bonds is 4. The van der Waals surface area contributed by atoms with E-state index in [-0.39, 0.29) is 5.56 Å². The minimum absolute atomic E-state index is 0.264. The van der Waals surface area contributed by atoms with Gasteiger partial charge in [0.2, 0.25) is 0 Å². The third-order valence-corrected chi connectivity index (χ3v) is 2.96. The molecule has 5 nitrogen and oxygen atoms in total. The molecule has 0 bridgehead atoms. The number of benzene rings is 1. The Morgan fingerprint density at radius 2 is 2.00 bits per heavy atom. The maximum atomic E-state index is 13.1. The van der Waals surface area contributed by atoms with Gasteiger partial charge in [-0.2, -0.15) is 0 Å². The van der Waals surface area contributed by atoms with Crippen molar-refractivity contribution in [2.75, 3.05) is 11.9 Å². The van der Waals surface area contributed by atoms with Crippen LogP contribution in [0.4, 0.5) is 10.1 Å². The number of nitrogens with one attached hydrogen (secondary N) is 1. The third-order valence-electron chi connectivity index (χ3n) is 2.96. The number of esters is 1. The van der Waals surface area contributed by atoms with Gasteiger partial charge in [0.15, 0.2) is 6.61 Å². The highest BCUT2D eigenvalue weighted by Crippen LogP contribution is 2.15. The Bertz CT molecular complexity index is 699. The van der Waals surface area contributed by atoms with Gasteiger partial charge in [0, 0.05) is 17.6 Å². The van der Waals surface area contributed by atoms with Crippen LogP contribution in [-0.2, 0) is 9.53 Å². The number of aromatic nitrogens is 1. The number of carbonyl (C=O) groups is 2. The fourth-order valence-corrected chi connectivity index (χ4v) is 1.72. The topological polar surface area (TPSA) is 68.3 Å². The lowest BCUT2D eigenvalue weighted by Crippen LogP contribution is -2.21. The van der Waals surface area contributed by atoms with E-state index in [9.17, 15) is 14.0 Å². The summed E-state index contributed by atoms with van der Waals surface area (Å²) in [5.74, 6) is -1.63. The minimum atomic E-state index is -0.640. The van der Waals surface area contributed by atoms with Crippen LogP contribution in [0.1, 0.15) is 21.6 Å². The smallest absolute Gasteiger partial charge is 0.340 e. The molecular weight excluding hydrogens is 287 g/mol. The minimum Gasteiger partial charge on any atom is -0.452 e. The maximum absolute atomic E-state index is 13.1. The molecule has 0 unspecified atom stereocenters. The van der Waals surface area contributed by atoms with Gasteiger partial charge in [-0.15, -0.1) is 0 Å². The van der Waals surface area contributed by atoms with E-state index in [1.165, 1.54) is 18.3 Å². The second-order valence-corrected chi connectivity index (χ2v) is 4.77. The Morgan fingerprint density at radius 1 is 1.23 bits per heavy atom. The van der Waals surface area contributed by atoms with Crippen molar-refractivity contribution in [3.8, 4) is 0 Å². The van der Waals surface area contributed by atoms with Crippen LogP contribution < -0.4 is 5.32 Å². The third kappa shape index (κ3) is 4.12. The normalized spacial score (nSPS) is 10.1. The molecule has 1 aromatic heterocycles. The van der Waals surface area contributed by atoms with Gasteiger partial charge in [0.05, 0.1) is 5.56 Å². The fourth-order valence-electron chi connectivity index (χ4n) is 1.72. The Hall–Kier alpha value is -2.76.